The standard InChI is InChI=1S/C13H17NO3/c1-2-3-11-8-10(9-15)4-5-12(11)14-7-6-13(16)17/h4-5,8-9,14H,2-3,6-7H2,1H3,(H,16,17). The summed E-state index contributed by atoms with van der Waals surface area (Å²) < 4.78 is 0. The number of benzene rings is 1. The molecule has 0 unspecified atom stereocenters. The van der Waals surface area contributed by atoms with Gasteiger partial charge in [-0.25, -0.2) is 0 Å². The van der Waals surface area contributed by atoms with E-state index >= 15 is 0 Å². The molecule has 0 saturated carbocycles. The molecule has 0 fully saturated rings. The second-order valence-corrected chi connectivity index (χ2v) is 3.85. The maximum absolute atomic E-state index is 10.7. The van der Waals surface area contributed by atoms with Crippen molar-refractivity contribution in [2.75, 3.05) is 11.9 Å². The molecular formula is C13H17NO3. The smallest absolute Gasteiger partial charge is 0.305 e. The zero-order chi connectivity index (χ0) is 12.7. The van der Waals surface area contributed by atoms with Gasteiger partial charge in [0.15, 0.2) is 0 Å². The first-order valence-electron chi connectivity index (χ1n) is 5.71. The lowest BCUT2D eigenvalue weighted by Gasteiger charge is -2.11. The van der Waals surface area contributed by atoms with Crippen LogP contribution in [-0.4, -0.2) is 23.9 Å². The van der Waals surface area contributed by atoms with E-state index in [9.17, 15) is 9.59 Å². The van der Waals surface area contributed by atoms with Crippen molar-refractivity contribution in [3.05, 3.63) is 29.3 Å². The largest absolute Gasteiger partial charge is 0.481 e. The fourth-order valence-corrected chi connectivity index (χ4v) is 1.64. The van der Waals surface area contributed by atoms with Gasteiger partial charge in [0.1, 0.15) is 6.29 Å². The Morgan fingerprint density at radius 3 is 2.82 bits per heavy atom. The lowest BCUT2D eigenvalue weighted by molar-refractivity contribution is -0.136. The molecule has 0 heterocycles. The molecular weight excluding hydrogens is 218 g/mol. The minimum Gasteiger partial charge on any atom is -0.481 e. The van der Waals surface area contributed by atoms with Crippen molar-refractivity contribution in [1.82, 2.24) is 0 Å². The van der Waals surface area contributed by atoms with Gasteiger partial charge < -0.3 is 10.4 Å². The summed E-state index contributed by atoms with van der Waals surface area (Å²) in [6.07, 6.45) is 2.76. The third kappa shape index (κ3) is 4.26. The summed E-state index contributed by atoms with van der Waals surface area (Å²) in [7, 11) is 0. The first kappa shape index (κ1) is 13.2. The Morgan fingerprint density at radius 2 is 2.24 bits per heavy atom. The van der Waals surface area contributed by atoms with Crippen LogP contribution in [0.4, 0.5) is 5.69 Å². The van der Waals surface area contributed by atoms with Crippen LogP contribution in [0.3, 0.4) is 0 Å². The van der Waals surface area contributed by atoms with Crippen LogP contribution in [0.1, 0.15) is 35.7 Å². The zero-order valence-electron chi connectivity index (χ0n) is 9.90. The van der Waals surface area contributed by atoms with Gasteiger partial charge in [-0.2, -0.15) is 0 Å². The molecule has 17 heavy (non-hydrogen) atoms. The molecule has 0 spiro atoms. The fraction of sp³-hybridized carbons (Fsp3) is 0.385. The van der Waals surface area contributed by atoms with Crippen LogP contribution in [0.15, 0.2) is 18.2 Å². The van der Waals surface area contributed by atoms with E-state index < -0.39 is 5.97 Å². The lowest BCUT2D eigenvalue weighted by Crippen LogP contribution is -2.09. The molecule has 0 saturated heterocycles. The van der Waals surface area contributed by atoms with E-state index in [-0.39, 0.29) is 6.42 Å². The van der Waals surface area contributed by atoms with Crippen molar-refractivity contribution in [3.63, 3.8) is 0 Å². The Balaban J connectivity index is 2.75. The number of carboxylic acid groups (broad SMARTS) is 1. The van der Waals surface area contributed by atoms with Gasteiger partial charge in [-0.15, -0.1) is 0 Å². The molecule has 92 valence electrons. The van der Waals surface area contributed by atoms with Crippen LogP contribution in [0, 0.1) is 0 Å². The van der Waals surface area contributed by atoms with Crippen LogP contribution < -0.4 is 5.32 Å². The summed E-state index contributed by atoms with van der Waals surface area (Å²) in [5.74, 6) is -0.820. The number of anilines is 1. The van der Waals surface area contributed by atoms with Crippen molar-refractivity contribution in [1.29, 1.82) is 0 Å². The predicted octanol–water partition coefficient (Wildman–Crippen LogP) is 2.34. The van der Waals surface area contributed by atoms with Crippen molar-refractivity contribution in [3.8, 4) is 0 Å². The van der Waals surface area contributed by atoms with Gasteiger partial charge in [0, 0.05) is 17.8 Å². The molecule has 0 aliphatic carbocycles. The average Bonchev–Trinajstić information content (AvgIpc) is 2.31. The quantitative estimate of drug-likeness (QED) is 0.712. The van der Waals surface area contributed by atoms with E-state index in [2.05, 4.69) is 12.2 Å². The van der Waals surface area contributed by atoms with Crippen LogP contribution >= 0.6 is 0 Å². The molecule has 4 heteroatoms. The molecule has 0 radical (unpaired) electrons. The predicted molar refractivity (Wildman–Crippen MR) is 66.6 cm³/mol. The molecule has 1 rings (SSSR count). The lowest BCUT2D eigenvalue weighted by atomic mass is 10.0. The Labute approximate surface area is 101 Å². The summed E-state index contributed by atoms with van der Waals surface area (Å²) in [5, 5.41) is 11.6. The third-order valence-electron chi connectivity index (χ3n) is 2.44. The minimum atomic E-state index is -0.820. The van der Waals surface area contributed by atoms with E-state index in [1.54, 1.807) is 6.07 Å². The highest BCUT2D eigenvalue weighted by Gasteiger charge is 2.04. The zero-order valence-corrected chi connectivity index (χ0v) is 9.90. The number of rotatable bonds is 7. The highest BCUT2D eigenvalue weighted by Crippen LogP contribution is 2.18. The molecule has 0 bridgehead atoms. The van der Waals surface area contributed by atoms with Crippen LogP contribution in [-0.2, 0) is 11.2 Å². The number of carbonyl (C=O) groups is 2. The highest BCUT2D eigenvalue weighted by atomic mass is 16.4. The molecule has 1 aromatic rings. The van der Waals surface area contributed by atoms with Gasteiger partial charge in [-0.3, -0.25) is 9.59 Å². The van der Waals surface area contributed by atoms with Crippen LogP contribution in [0.5, 0.6) is 0 Å². The van der Waals surface area contributed by atoms with Gasteiger partial charge in [0.2, 0.25) is 0 Å². The molecule has 0 aromatic heterocycles. The Morgan fingerprint density at radius 1 is 1.47 bits per heavy atom. The van der Waals surface area contributed by atoms with Crippen molar-refractivity contribution in [2.24, 2.45) is 0 Å². The Hall–Kier alpha value is -1.84. The molecule has 0 amide bonds. The molecule has 1 aromatic carbocycles. The first-order valence-corrected chi connectivity index (χ1v) is 5.71. The van der Waals surface area contributed by atoms with Crippen molar-refractivity contribution >= 4 is 17.9 Å². The van der Waals surface area contributed by atoms with Crippen LogP contribution in [0.25, 0.3) is 0 Å². The number of carboxylic acids is 1. The number of aliphatic carboxylic acids is 1. The van der Waals surface area contributed by atoms with E-state index in [0.717, 1.165) is 30.4 Å². The van der Waals surface area contributed by atoms with Gasteiger partial charge >= 0.3 is 5.97 Å². The van der Waals surface area contributed by atoms with Gasteiger partial charge in [-0.1, -0.05) is 13.3 Å². The maximum atomic E-state index is 10.7. The Bertz CT molecular complexity index is 402. The molecule has 0 aliphatic heterocycles. The molecule has 4 nitrogen and oxygen atoms in total. The normalized spacial score (nSPS) is 9.94. The second kappa shape index (κ2) is 6.68. The highest BCUT2D eigenvalue weighted by molar-refractivity contribution is 5.77. The summed E-state index contributed by atoms with van der Waals surface area (Å²) in [6, 6.07) is 5.41. The molecule has 0 atom stereocenters. The van der Waals surface area contributed by atoms with Gasteiger partial charge in [0.05, 0.1) is 6.42 Å². The van der Waals surface area contributed by atoms with E-state index in [4.69, 9.17) is 5.11 Å². The number of nitrogens with one attached hydrogen (secondary N) is 1. The number of hydrogen-bond donors (Lipinski definition) is 2. The fourth-order valence-electron chi connectivity index (χ4n) is 1.64. The Kier molecular flexibility index (Phi) is 5.20. The van der Waals surface area contributed by atoms with Gasteiger partial charge in [0.25, 0.3) is 0 Å². The maximum Gasteiger partial charge on any atom is 0.305 e. The number of aldehydes is 1. The third-order valence-corrected chi connectivity index (χ3v) is 2.44. The molecule has 2 N–H and O–H groups in total. The SMILES string of the molecule is CCCc1cc(C=O)ccc1NCCC(=O)O. The van der Waals surface area contributed by atoms with Crippen molar-refractivity contribution < 1.29 is 14.7 Å². The van der Waals surface area contributed by atoms with Crippen LogP contribution in [0.2, 0.25) is 0 Å². The van der Waals surface area contributed by atoms with Gasteiger partial charge in [-0.05, 0) is 30.2 Å². The number of carbonyl (C=O) groups excluding carboxylic acids is 1. The van der Waals surface area contributed by atoms with E-state index in [1.807, 2.05) is 12.1 Å². The first-order chi connectivity index (χ1) is 8.17. The second-order valence-electron chi connectivity index (χ2n) is 3.85. The summed E-state index contributed by atoms with van der Waals surface area (Å²) in [4.78, 5) is 21.1. The minimum absolute atomic E-state index is 0.0843. The van der Waals surface area contributed by atoms with E-state index in [1.165, 1.54) is 0 Å². The van der Waals surface area contributed by atoms with E-state index in [0.29, 0.717) is 12.1 Å². The molecule has 0 aliphatic rings. The monoisotopic (exact) mass is 235 g/mol. The number of aryl methyl sites for hydroxylation is 1. The average molecular weight is 235 g/mol. The summed E-state index contributed by atoms with van der Waals surface area (Å²) >= 11 is 0. The van der Waals surface area contributed by atoms with Crippen molar-refractivity contribution in [2.45, 2.75) is 26.2 Å². The topological polar surface area (TPSA) is 66.4 Å². The summed E-state index contributed by atoms with van der Waals surface area (Å²) in [6.45, 7) is 2.46. The number of hydrogen-bond acceptors (Lipinski definition) is 3. The summed E-state index contributed by atoms with van der Waals surface area (Å²) in [5.41, 5.74) is 2.62.